The molecule has 0 bridgehead atoms. The van der Waals surface area contributed by atoms with Crippen LogP contribution < -0.4 is 0 Å². The summed E-state index contributed by atoms with van der Waals surface area (Å²) in [6.45, 7) is 7.80. The van der Waals surface area contributed by atoms with E-state index < -0.39 is 12.0 Å². The fraction of sp³-hybridized carbons (Fsp3) is 0.931. The van der Waals surface area contributed by atoms with Crippen LogP contribution in [-0.2, 0) is 9.59 Å². The van der Waals surface area contributed by atoms with Gasteiger partial charge in [0, 0.05) is 13.0 Å². The summed E-state index contributed by atoms with van der Waals surface area (Å²) in [6, 6.07) is -0.639. The van der Waals surface area contributed by atoms with Gasteiger partial charge < -0.3 is 20.2 Å². The summed E-state index contributed by atoms with van der Waals surface area (Å²) in [5, 5.41) is 31.2. The van der Waals surface area contributed by atoms with Crippen LogP contribution in [0.15, 0.2) is 0 Å². The highest BCUT2D eigenvalue weighted by molar-refractivity contribution is 5.84. The Morgan fingerprint density at radius 1 is 0.971 bits per heavy atom. The molecule has 35 heavy (non-hydrogen) atoms. The van der Waals surface area contributed by atoms with Gasteiger partial charge in [-0.1, -0.05) is 20.8 Å². The maximum absolute atomic E-state index is 12.9. The highest BCUT2D eigenvalue weighted by Gasteiger charge is 2.62. The van der Waals surface area contributed by atoms with Crippen molar-refractivity contribution in [1.29, 1.82) is 0 Å². The Morgan fingerprint density at radius 3 is 2.43 bits per heavy atom. The number of aliphatic hydroxyl groups is 2. The van der Waals surface area contributed by atoms with Gasteiger partial charge in [-0.3, -0.25) is 4.79 Å². The minimum atomic E-state index is -0.874. The summed E-state index contributed by atoms with van der Waals surface area (Å²) in [7, 11) is 0. The summed E-state index contributed by atoms with van der Waals surface area (Å²) >= 11 is 0. The number of fused-ring (bicyclic) bond motifs is 5. The molecule has 4 aliphatic carbocycles. The Kier molecular flexibility index (Phi) is 6.78. The molecule has 0 radical (unpaired) electrons. The number of hydrogen-bond acceptors (Lipinski definition) is 4. The topological polar surface area (TPSA) is 98.1 Å². The van der Waals surface area contributed by atoms with Gasteiger partial charge in [0.05, 0.1) is 12.2 Å². The monoisotopic (exact) mass is 489 g/mol. The lowest BCUT2D eigenvalue weighted by atomic mass is 9.43. The normalized spacial score (nSPS) is 48.1. The number of aliphatic carboxylic acids is 1. The first-order valence-electron chi connectivity index (χ1n) is 14.4. The second kappa shape index (κ2) is 9.31. The van der Waals surface area contributed by atoms with E-state index in [0.29, 0.717) is 54.9 Å². The van der Waals surface area contributed by atoms with Crippen LogP contribution in [-0.4, -0.2) is 56.9 Å². The van der Waals surface area contributed by atoms with Crippen LogP contribution in [0.4, 0.5) is 0 Å². The van der Waals surface area contributed by atoms with Crippen molar-refractivity contribution >= 4 is 11.9 Å². The SMILES string of the molecule is C[C@H](CCC(=O)N1CCCC1C(=O)O)[C@H]1CC[C@H]2[C@@H]3[C@H](O)C[C@@H]4C[C@H](O)CC[C@]4(C)[C@H]3CC[C@]12C. The molecule has 11 atom stereocenters. The molecular formula is C29H47NO5. The van der Waals surface area contributed by atoms with Crippen LogP contribution in [0.3, 0.4) is 0 Å². The summed E-state index contributed by atoms with van der Waals surface area (Å²) in [5.74, 6) is 2.01. The van der Waals surface area contributed by atoms with Crippen molar-refractivity contribution in [3.05, 3.63) is 0 Å². The number of rotatable bonds is 5. The Morgan fingerprint density at radius 2 is 1.69 bits per heavy atom. The van der Waals surface area contributed by atoms with Gasteiger partial charge in [0.2, 0.25) is 5.91 Å². The molecule has 6 nitrogen and oxygen atoms in total. The number of carboxylic acid groups (broad SMARTS) is 1. The standard InChI is InChI=1S/C29H47NO5/c1-17(6-9-25(33)30-14-4-5-23(30)27(34)35)20-7-8-21-26-22(11-13-29(20,21)3)28(2)12-10-19(31)15-18(28)16-24(26)32/h17-24,26,31-32H,4-16H2,1-3H3,(H,34,35)/t17-,18+,19-,20-,21+,22+,23?,24-,26+,28+,29-/m1/s1. The van der Waals surface area contributed by atoms with E-state index >= 15 is 0 Å². The average molecular weight is 490 g/mol. The molecule has 1 unspecified atom stereocenters. The Balaban J connectivity index is 1.26. The molecule has 0 spiro atoms. The van der Waals surface area contributed by atoms with E-state index in [9.17, 15) is 24.9 Å². The first-order chi connectivity index (χ1) is 16.6. The van der Waals surface area contributed by atoms with Crippen LogP contribution >= 0.6 is 0 Å². The van der Waals surface area contributed by atoms with Crippen molar-refractivity contribution < 1.29 is 24.9 Å². The smallest absolute Gasteiger partial charge is 0.326 e. The van der Waals surface area contributed by atoms with Gasteiger partial charge in [0.1, 0.15) is 6.04 Å². The third-order valence-corrected chi connectivity index (χ3v) is 12.1. The van der Waals surface area contributed by atoms with Crippen LogP contribution in [0, 0.1) is 46.3 Å². The fourth-order valence-corrected chi connectivity index (χ4v) is 10.2. The largest absolute Gasteiger partial charge is 0.480 e. The molecule has 6 heteroatoms. The zero-order chi connectivity index (χ0) is 25.1. The highest BCUT2D eigenvalue weighted by Crippen LogP contribution is 2.68. The van der Waals surface area contributed by atoms with E-state index in [-0.39, 0.29) is 28.9 Å². The number of carbonyl (C=O) groups is 2. The molecule has 1 aliphatic heterocycles. The Bertz CT molecular complexity index is 832. The molecule has 0 aromatic rings. The van der Waals surface area contributed by atoms with Crippen LogP contribution in [0.1, 0.15) is 97.8 Å². The van der Waals surface area contributed by atoms with Crippen molar-refractivity contribution in [3.8, 4) is 0 Å². The quantitative estimate of drug-likeness (QED) is 0.529. The average Bonchev–Trinajstić information content (AvgIpc) is 3.43. The van der Waals surface area contributed by atoms with Gasteiger partial charge >= 0.3 is 5.97 Å². The number of nitrogens with zero attached hydrogens (tertiary/aromatic N) is 1. The van der Waals surface area contributed by atoms with Gasteiger partial charge in [-0.2, -0.15) is 0 Å². The number of amides is 1. The predicted octanol–water partition coefficient (Wildman–Crippen LogP) is 4.47. The van der Waals surface area contributed by atoms with E-state index in [1.165, 1.54) is 25.7 Å². The van der Waals surface area contributed by atoms with Gasteiger partial charge in [-0.05, 0) is 117 Å². The zero-order valence-corrected chi connectivity index (χ0v) is 22.0. The third-order valence-electron chi connectivity index (χ3n) is 12.1. The Labute approximate surface area is 210 Å². The van der Waals surface area contributed by atoms with Crippen molar-refractivity contribution in [3.63, 3.8) is 0 Å². The lowest BCUT2D eigenvalue weighted by Gasteiger charge is -2.62. The molecule has 198 valence electrons. The minimum Gasteiger partial charge on any atom is -0.480 e. The molecule has 5 fully saturated rings. The highest BCUT2D eigenvalue weighted by atomic mass is 16.4. The molecule has 5 rings (SSSR count). The van der Waals surface area contributed by atoms with Gasteiger partial charge in [-0.25, -0.2) is 4.79 Å². The number of likely N-dealkylation sites (tertiary alicyclic amines) is 1. The first-order valence-corrected chi connectivity index (χ1v) is 14.4. The number of aliphatic hydroxyl groups excluding tert-OH is 2. The summed E-state index contributed by atoms with van der Waals surface area (Å²) in [4.78, 5) is 26.0. The fourth-order valence-electron chi connectivity index (χ4n) is 10.2. The lowest BCUT2D eigenvalue weighted by Crippen LogP contribution is -2.58. The van der Waals surface area contributed by atoms with E-state index in [2.05, 4.69) is 20.8 Å². The van der Waals surface area contributed by atoms with Crippen LogP contribution in [0.2, 0.25) is 0 Å². The maximum atomic E-state index is 12.9. The summed E-state index contributed by atoms with van der Waals surface area (Å²) in [6.07, 6.45) is 10.6. The van der Waals surface area contributed by atoms with Gasteiger partial charge in [-0.15, -0.1) is 0 Å². The third kappa shape index (κ3) is 4.15. The van der Waals surface area contributed by atoms with Gasteiger partial charge in [0.25, 0.3) is 0 Å². The van der Waals surface area contributed by atoms with E-state index in [4.69, 9.17) is 0 Å². The molecule has 0 aromatic carbocycles. The van der Waals surface area contributed by atoms with Crippen LogP contribution in [0.5, 0.6) is 0 Å². The summed E-state index contributed by atoms with van der Waals surface area (Å²) in [5.41, 5.74) is 0.455. The maximum Gasteiger partial charge on any atom is 0.326 e. The van der Waals surface area contributed by atoms with Crippen LogP contribution in [0.25, 0.3) is 0 Å². The van der Waals surface area contributed by atoms with Crippen molar-refractivity contribution in [1.82, 2.24) is 4.90 Å². The number of carboxylic acids is 1. The molecular weight excluding hydrogens is 442 g/mol. The molecule has 0 aromatic heterocycles. The molecule has 1 heterocycles. The number of hydrogen-bond donors (Lipinski definition) is 3. The molecule has 1 saturated heterocycles. The van der Waals surface area contributed by atoms with Crippen molar-refractivity contribution in [2.24, 2.45) is 46.3 Å². The lowest BCUT2D eigenvalue weighted by molar-refractivity contribution is -0.174. The van der Waals surface area contributed by atoms with Crippen molar-refractivity contribution in [2.45, 2.75) is 116 Å². The molecule has 1 amide bonds. The molecule has 5 aliphatic rings. The summed E-state index contributed by atoms with van der Waals surface area (Å²) < 4.78 is 0. The predicted molar refractivity (Wildman–Crippen MR) is 133 cm³/mol. The van der Waals surface area contributed by atoms with Gasteiger partial charge in [0.15, 0.2) is 0 Å². The zero-order valence-electron chi connectivity index (χ0n) is 22.0. The molecule has 4 saturated carbocycles. The van der Waals surface area contributed by atoms with E-state index in [1.807, 2.05) is 0 Å². The first kappa shape index (κ1) is 25.5. The Hall–Kier alpha value is -1.14. The minimum absolute atomic E-state index is 0.00585. The molecule has 3 N–H and O–H groups in total. The number of carbonyl (C=O) groups excluding carboxylic acids is 1. The second-order valence-electron chi connectivity index (χ2n) is 13.6. The second-order valence-corrected chi connectivity index (χ2v) is 13.6. The van der Waals surface area contributed by atoms with E-state index in [0.717, 1.165) is 38.5 Å². The van der Waals surface area contributed by atoms with E-state index in [1.54, 1.807) is 4.90 Å². The van der Waals surface area contributed by atoms with Crippen molar-refractivity contribution in [2.75, 3.05) is 6.54 Å².